The Bertz CT molecular complexity index is 1070. The molecule has 142 valence electrons. The third kappa shape index (κ3) is 4.51. The lowest BCUT2D eigenvalue weighted by Gasteiger charge is -2.12. The van der Waals surface area contributed by atoms with Gasteiger partial charge in [0.1, 0.15) is 11.5 Å². The Hall–Kier alpha value is -3.72. The largest absolute Gasteiger partial charge is 0.506 e. The van der Waals surface area contributed by atoms with Crippen LogP contribution >= 0.6 is 12.2 Å². The number of phenols is 1. The van der Waals surface area contributed by atoms with Crippen LogP contribution in [-0.2, 0) is 4.79 Å². The van der Waals surface area contributed by atoms with Crippen LogP contribution in [0.1, 0.15) is 0 Å². The number of nitro groups is 1. The van der Waals surface area contributed by atoms with Crippen molar-refractivity contribution in [3.8, 4) is 11.5 Å². The molecular formula is C19H15N3O5S. The van der Waals surface area contributed by atoms with E-state index in [1.165, 1.54) is 0 Å². The van der Waals surface area contributed by atoms with Crippen molar-refractivity contribution in [2.45, 2.75) is 0 Å². The van der Waals surface area contributed by atoms with Gasteiger partial charge in [0.25, 0.3) is 11.6 Å². The van der Waals surface area contributed by atoms with Gasteiger partial charge < -0.3 is 15.2 Å². The summed E-state index contributed by atoms with van der Waals surface area (Å²) in [5.74, 6) is -0.201. The van der Waals surface area contributed by atoms with E-state index >= 15 is 0 Å². The predicted molar refractivity (Wildman–Crippen MR) is 109 cm³/mol. The quantitative estimate of drug-likeness (QED) is 0.262. The number of rotatable bonds is 5. The number of ether oxygens (including phenoxy) is 1. The molecule has 0 aliphatic carbocycles. The van der Waals surface area contributed by atoms with Crippen LogP contribution in [0.3, 0.4) is 0 Å². The van der Waals surface area contributed by atoms with Gasteiger partial charge in [-0.1, -0.05) is 36.4 Å². The summed E-state index contributed by atoms with van der Waals surface area (Å²) in [5, 5.41) is 27.3. The number of non-ortho nitro benzene ring substituents is 1. The first-order chi connectivity index (χ1) is 13.4. The molecule has 28 heavy (non-hydrogen) atoms. The number of amides is 1. The first kappa shape index (κ1) is 19.1. The number of phenolic OH excluding ortho intramolecular Hbond substituents is 1. The molecule has 0 radical (unpaired) electrons. The molecule has 0 heterocycles. The number of carbonyl (C=O) groups is 1. The van der Waals surface area contributed by atoms with Crippen molar-refractivity contribution in [2.75, 3.05) is 11.9 Å². The van der Waals surface area contributed by atoms with Crippen LogP contribution in [0, 0.1) is 10.1 Å². The predicted octanol–water partition coefficient (Wildman–Crippen LogP) is 3.35. The van der Waals surface area contributed by atoms with Crippen molar-refractivity contribution in [2.24, 2.45) is 0 Å². The summed E-state index contributed by atoms with van der Waals surface area (Å²) in [5.41, 5.74) is -0.219. The second-order valence-electron chi connectivity index (χ2n) is 5.73. The third-order valence-corrected chi connectivity index (χ3v) is 4.00. The van der Waals surface area contributed by atoms with E-state index in [0.29, 0.717) is 5.75 Å². The second-order valence-corrected chi connectivity index (χ2v) is 6.14. The Morgan fingerprint density at radius 1 is 1.14 bits per heavy atom. The molecule has 0 unspecified atom stereocenters. The Morgan fingerprint density at radius 3 is 2.68 bits per heavy atom. The van der Waals surface area contributed by atoms with Gasteiger partial charge in [0.2, 0.25) is 0 Å². The minimum absolute atomic E-state index is 0.00877. The molecule has 0 fully saturated rings. The molecule has 0 atom stereocenters. The van der Waals surface area contributed by atoms with E-state index in [1.54, 1.807) is 6.07 Å². The Morgan fingerprint density at radius 2 is 1.89 bits per heavy atom. The molecule has 0 saturated carbocycles. The van der Waals surface area contributed by atoms with Crippen LogP contribution in [0.25, 0.3) is 10.8 Å². The fourth-order valence-corrected chi connectivity index (χ4v) is 2.74. The molecule has 8 nitrogen and oxygen atoms in total. The number of fused-ring (bicyclic) bond motifs is 1. The minimum Gasteiger partial charge on any atom is -0.506 e. The minimum atomic E-state index is -0.607. The van der Waals surface area contributed by atoms with Crippen LogP contribution in [-0.4, -0.2) is 27.7 Å². The Kier molecular flexibility index (Phi) is 5.66. The average molecular weight is 397 g/mol. The number of hydrogen-bond donors (Lipinski definition) is 3. The molecule has 3 aromatic rings. The van der Waals surface area contributed by atoms with Crippen LogP contribution in [0.5, 0.6) is 11.5 Å². The van der Waals surface area contributed by atoms with Gasteiger partial charge in [-0.15, -0.1) is 0 Å². The molecule has 0 aromatic heterocycles. The number of aromatic hydroxyl groups is 1. The van der Waals surface area contributed by atoms with Gasteiger partial charge in [-0.05, 0) is 29.7 Å². The van der Waals surface area contributed by atoms with E-state index in [4.69, 9.17) is 17.0 Å². The highest BCUT2D eigenvalue weighted by molar-refractivity contribution is 7.80. The average Bonchev–Trinajstić information content (AvgIpc) is 2.67. The summed E-state index contributed by atoms with van der Waals surface area (Å²) in [4.78, 5) is 22.3. The second kappa shape index (κ2) is 8.31. The maximum atomic E-state index is 12.1. The number of thiocarbonyl (C=S) groups is 1. The molecule has 3 N–H and O–H groups in total. The van der Waals surface area contributed by atoms with E-state index in [0.717, 1.165) is 29.0 Å². The molecule has 0 saturated heterocycles. The van der Waals surface area contributed by atoms with Crippen LogP contribution in [0.15, 0.2) is 60.7 Å². The van der Waals surface area contributed by atoms with Crippen molar-refractivity contribution >= 4 is 45.4 Å². The van der Waals surface area contributed by atoms with E-state index < -0.39 is 10.8 Å². The Labute approximate surface area is 164 Å². The normalized spacial score (nSPS) is 10.3. The standard InChI is InChI=1S/C19H15N3O5S/c23-16-9-8-13(22(25)26)10-15(16)20-19(28)21-18(24)11-27-17-7-3-5-12-4-1-2-6-14(12)17/h1-10,23H,11H2,(H2,20,21,24,28). The highest BCUT2D eigenvalue weighted by Gasteiger charge is 2.13. The van der Waals surface area contributed by atoms with Crippen molar-refractivity contribution < 1.29 is 19.6 Å². The van der Waals surface area contributed by atoms with Crippen LogP contribution in [0.4, 0.5) is 11.4 Å². The topological polar surface area (TPSA) is 114 Å². The van der Waals surface area contributed by atoms with Gasteiger partial charge in [-0.25, -0.2) is 0 Å². The van der Waals surface area contributed by atoms with E-state index in [-0.39, 0.29) is 28.8 Å². The van der Waals surface area contributed by atoms with Gasteiger partial charge in [0, 0.05) is 17.5 Å². The SMILES string of the molecule is O=C(COc1cccc2ccccc12)NC(=S)Nc1cc([N+](=O)[O-])ccc1O. The van der Waals surface area contributed by atoms with Crippen LogP contribution < -0.4 is 15.4 Å². The summed E-state index contributed by atoms with van der Waals surface area (Å²) in [6.07, 6.45) is 0. The Balaban J connectivity index is 1.60. The van der Waals surface area contributed by atoms with Crippen molar-refractivity contribution in [1.82, 2.24) is 5.32 Å². The molecule has 3 aromatic carbocycles. The summed E-state index contributed by atoms with van der Waals surface area (Å²) in [6, 6.07) is 16.6. The van der Waals surface area contributed by atoms with Crippen molar-refractivity contribution in [1.29, 1.82) is 0 Å². The van der Waals surface area contributed by atoms with Gasteiger partial charge in [-0.2, -0.15) is 0 Å². The zero-order valence-electron chi connectivity index (χ0n) is 14.4. The number of nitrogens with one attached hydrogen (secondary N) is 2. The monoisotopic (exact) mass is 397 g/mol. The number of nitrogens with zero attached hydrogens (tertiary/aromatic N) is 1. The third-order valence-electron chi connectivity index (χ3n) is 3.80. The highest BCUT2D eigenvalue weighted by atomic mass is 32.1. The molecule has 9 heteroatoms. The summed E-state index contributed by atoms with van der Waals surface area (Å²) in [7, 11) is 0. The lowest BCUT2D eigenvalue weighted by molar-refractivity contribution is -0.384. The number of hydrogen-bond acceptors (Lipinski definition) is 6. The van der Waals surface area contributed by atoms with Gasteiger partial charge in [-0.3, -0.25) is 20.2 Å². The van der Waals surface area contributed by atoms with Crippen molar-refractivity contribution in [3.63, 3.8) is 0 Å². The fraction of sp³-hybridized carbons (Fsp3) is 0.0526. The molecule has 1 amide bonds. The number of nitro benzene ring substituents is 1. The lowest BCUT2D eigenvalue weighted by atomic mass is 10.1. The maximum Gasteiger partial charge on any atom is 0.271 e. The summed E-state index contributed by atoms with van der Waals surface area (Å²) < 4.78 is 5.57. The fourth-order valence-electron chi connectivity index (χ4n) is 2.52. The highest BCUT2D eigenvalue weighted by Crippen LogP contribution is 2.28. The molecule has 0 aliphatic rings. The van der Waals surface area contributed by atoms with E-state index in [2.05, 4.69) is 10.6 Å². The zero-order valence-corrected chi connectivity index (χ0v) is 15.2. The number of carbonyl (C=O) groups excluding carboxylic acids is 1. The molecule has 0 spiro atoms. The van der Waals surface area contributed by atoms with Gasteiger partial charge in [0.15, 0.2) is 11.7 Å². The van der Waals surface area contributed by atoms with E-state index in [9.17, 15) is 20.0 Å². The molecule has 3 rings (SSSR count). The summed E-state index contributed by atoms with van der Waals surface area (Å²) >= 11 is 5.01. The van der Waals surface area contributed by atoms with Gasteiger partial charge in [0.05, 0.1) is 10.6 Å². The first-order valence-electron chi connectivity index (χ1n) is 8.13. The lowest BCUT2D eigenvalue weighted by Crippen LogP contribution is -2.37. The van der Waals surface area contributed by atoms with Crippen molar-refractivity contribution in [3.05, 3.63) is 70.8 Å². The molecule has 0 bridgehead atoms. The number of benzene rings is 3. The smallest absolute Gasteiger partial charge is 0.271 e. The summed E-state index contributed by atoms with van der Waals surface area (Å²) in [6.45, 7) is -0.281. The number of anilines is 1. The van der Waals surface area contributed by atoms with Gasteiger partial charge >= 0.3 is 0 Å². The molecular weight excluding hydrogens is 382 g/mol. The van der Waals surface area contributed by atoms with Crippen LogP contribution in [0.2, 0.25) is 0 Å². The zero-order chi connectivity index (χ0) is 20.1. The molecule has 0 aliphatic heterocycles. The first-order valence-corrected chi connectivity index (χ1v) is 8.53. The maximum absolute atomic E-state index is 12.1. The van der Waals surface area contributed by atoms with E-state index in [1.807, 2.05) is 36.4 Å².